The van der Waals surface area contributed by atoms with Crippen LogP contribution in [0.4, 0.5) is 0 Å². The van der Waals surface area contributed by atoms with Crippen molar-refractivity contribution >= 4 is 16.8 Å². The van der Waals surface area contributed by atoms with Crippen molar-refractivity contribution in [3.05, 3.63) is 81.6 Å². The topological polar surface area (TPSA) is 53.2 Å². The van der Waals surface area contributed by atoms with E-state index in [4.69, 9.17) is 0 Å². The molecule has 3 aromatic rings. The first-order valence-electron chi connectivity index (χ1n) is 8.43. The number of hydrogen-bond donors (Lipinski definition) is 1. The molecule has 25 heavy (non-hydrogen) atoms. The Kier molecular flexibility index (Phi) is 4.98. The van der Waals surface area contributed by atoms with E-state index in [9.17, 15) is 9.59 Å². The minimum absolute atomic E-state index is 0.0574. The molecule has 1 N–H and O–H groups in total. The van der Waals surface area contributed by atoms with Crippen molar-refractivity contribution in [2.45, 2.75) is 26.3 Å². The van der Waals surface area contributed by atoms with Crippen molar-refractivity contribution in [3.63, 3.8) is 0 Å². The van der Waals surface area contributed by atoms with E-state index in [-0.39, 0.29) is 11.5 Å². The number of aromatic nitrogens is 1. The van der Waals surface area contributed by atoms with E-state index >= 15 is 0 Å². The summed E-state index contributed by atoms with van der Waals surface area (Å²) in [6.45, 7) is 2.42. The highest BCUT2D eigenvalue weighted by atomic mass is 16.2. The van der Waals surface area contributed by atoms with Gasteiger partial charge in [-0.1, -0.05) is 36.4 Å². The Bertz CT molecular complexity index is 945. The molecular formula is C21H22N2O2. The molecule has 2 aromatic carbocycles. The Labute approximate surface area is 147 Å². The molecule has 128 valence electrons. The summed E-state index contributed by atoms with van der Waals surface area (Å²) in [6.07, 6.45) is 1.16. The lowest BCUT2D eigenvalue weighted by Gasteiger charge is -2.17. The van der Waals surface area contributed by atoms with E-state index in [1.165, 1.54) is 0 Å². The van der Waals surface area contributed by atoms with Crippen molar-refractivity contribution in [3.8, 4) is 0 Å². The van der Waals surface area contributed by atoms with Crippen LogP contribution in [0.1, 0.15) is 23.1 Å². The van der Waals surface area contributed by atoms with E-state index in [2.05, 4.69) is 4.98 Å². The second-order valence-corrected chi connectivity index (χ2v) is 6.44. The van der Waals surface area contributed by atoms with Gasteiger partial charge in [-0.25, -0.2) is 0 Å². The van der Waals surface area contributed by atoms with Crippen LogP contribution in [0, 0.1) is 6.92 Å². The molecule has 0 unspecified atom stereocenters. The van der Waals surface area contributed by atoms with Gasteiger partial charge in [0.2, 0.25) is 5.91 Å². The number of aromatic amines is 1. The highest BCUT2D eigenvalue weighted by molar-refractivity contribution is 5.80. The zero-order valence-corrected chi connectivity index (χ0v) is 14.6. The van der Waals surface area contributed by atoms with Gasteiger partial charge in [0.05, 0.1) is 0 Å². The van der Waals surface area contributed by atoms with Crippen molar-refractivity contribution in [1.29, 1.82) is 0 Å². The third-order valence-electron chi connectivity index (χ3n) is 4.41. The molecule has 1 amide bonds. The van der Waals surface area contributed by atoms with Crippen LogP contribution in [-0.2, 0) is 17.8 Å². The summed E-state index contributed by atoms with van der Waals surface area (Å²) in [5.74, 6) is 0.126. The highest BCUT2D eigenvalue weighted by Crippen LogP contribution is 2.15. The standard InChI is InChI=1S/C21H22N2O2/c1-15-12-18-13-16(8-10-19(18)22-21(15)25)9-11-20(24)23(2)14-17-6-4-3-5-7-17/h3-8,10,12-13H,9,11,14H2,1-2H3,(H,22,25). The van der Waals surface area contributed by atoms with Crippen LogP contribution < -0.4 is 5.56 Å². The maximum atomic E-state index is 12.4. The lowest BCUT2D eigenvalue weighted by atomic mass is 10.1. The summed E-state index contributed by atoms with van der Waals surface area (Å²) < 4.78 is 0. The molecule has 1 heterocycles. The number of benzene rings is 2. The summed E-state index contributed by atoms with van der Waals surface area (Å²) in [5.41, 5.74) is 3.69. The SMILES string of the molecule is Cc1cc2cc(CCC(=O)N(C)Cc3ccccc3)ccc2[nH]c1=O. The van der Waals surface area contributed by atoms with Crippen LogP contribution in [0.5, 0.6) is 0 Å². The Morgan fingerprint density at radius 2 is 1.80 bits per heavy atom. The molecule has 0 atom stereocenters. The van der Waals surface area contributed by atoms with Gasteiger partial charge in [-0.15, -0.1) is 0 Å². The van der Waals surface area contributed by atoms with E-state index in [1.54, 1.807) is 11.8 Å². The first kappa shape index (κ1) is 17.0. The van der Waals surface area contributed by atoms with E-state index < -0.39 is 0 Å². The van der Waals surface area contributed by atoms with Crippen LogP contribution in [0.15, 0.2) is 59.4 Å². The Morgan fingerprint density at radius 1 is 1.04 bits per heavy atom. The van der Waals surface area contributed by atoms with E-state index in [0.29, 0.717) is 24.9 Å². The molecule has 0 aliphatic heterocycles. The predicted molar refractivity (Wildman–Crippen MR) is 101 cm³/mol. The molecule has 0 radical (unpaired) electrons. The molecule has 0 saturated heterocycles. The van der Waals surface area contributed by atoms with Gasteiger partial charge >= 0.3 is 0 Å². The van der Waals surface area contributed by atoms with E-state index in [1.807, 2.05) is 61.6 Å². The van der Waals surface area contributed by atoms with Gasteiger partial charge in [0.1, 0.15) is 0 Å². The summed E-state index contributed by atoms with van der Waals surface area (Å²) >= 11 is 0. The molecule has 0 fully saturated rings. The summed E-state index contributed by atoms with van der Waals surface area (Å²) in [4.78, 5) is 28.6. The van der Waals surface area contributed by atoms with Crippen molar-refractivity contribution < 1.29 is 4.79 Å². The summed E-state index contributed by atoms with van der Waals surface area (Å²) in [5, 5.41) is 1.000. The largest absolute Gasteiger partial charge is 0.341 e. The first-order chi connectivity index (χ1) is 12.0. The predicted octanol–water partition coefficient (Wildman–Crippen LogP) is 3.43. The number of carbonyl (C=O) groups excluding carboxylic acids is 1. The monoisotopic (exact) mass is 334 g/mol. The Hall–Kier alpha value is -2.88. The first-order valence-corrected chi connectivity index (χ1v) is 8.43. The van der Waals surface area contributed by atoms with Crippen LogP contribution >= 0.6 is 0 Å². The number of hydrogen-bond acceptors (Lipinski definition) is 2. The van der Waals surface area contributed by atoms with Gasteiger partial charge in [0.15, 0.2) is 0 Å². The fourth-order valence-electron chi connectivity index (χ4n) is 2.91. The van der Waals surface area contributed by atoms with Crippen LogP contribution in [0.3, 0.4) is 0 Å². The number of aryl methyl sites for hydroxylation is 2. The summed E-state index contributed by atoms with van der Waals surface area (Å²) in [7, 11) is 1.84. The van der Waals surface area contributed by atoms with Gasteiger partial charge in [-0.2, -0.15) is 0 Å². The second-order valence-electron chi connectivity index (χ2n) is 6.44. The van der Waals surface area contributed by atoms with Gasteiger partial charge < -0.3 is 9.88 Å². The second kappa shape index (κ2) is 7.34. The molecule has 0 saturated carbocycles. The minimum atomic E-state index is -0.0574. The number of amides is 1. The van der Waals surface area contributed by atoms with Crippen LogP contribution in [0.2, 0.25) is 0 Å². The molecule has 1 aromatic heterocycles. The minimum Gasteiger partial charge on any atom is -0.341 e. The van der Waals surface area contributed by atoms with Crippen molar-refractivity contribution in [2.24, 2.45) is 0 Å². The lowest BCUT2D eigenvalue weighted by Crippen LogP contribution is -2.26. The molecule has 4 nitrogen and oxygen atoms in total. The highest BCUT2D eigenvalue weighted by Gasteiger charge is 2.10. The lowest BCUT2D eigenvalue weighted by molar-refractivity contribution is -0.130. The van der Waals surface area contributed by atoms with Gasteiger partial charge in [0.25, 0.3) is 5.56 Å². The average Bonchev–Trinajstić information content (AvgIpc) is 2.61. The number of fused-ring (bicyclic) bond motifs is 1. The Balaban J connectivity index is 1.64. The van der Waals surface area contributed by atoms with Gasteiger partial charge in [0, 0.05) is 31.1 Å². The van der Waals surface area contributed by atoms with Crippen LogP contribution in [0.25, 0.3) is 10.9 Å². The van der Waals surface area contributed by atoms with Gasteiger partial charge in [-0.05, 0) is 48.1 Å². The average molecular weight is 334 g/mol. The quantitative estimate of drug-likeness (QED) is 0.777. The number of rotatable bonds is 5. The van der Waals surface area contributed by atoms with Crippen molar-refractivity contribution in [2.75, 3.05) is 7.05 Å². The summed E-state index contributed by atoms with van der Waals surface area (Å²) in [6, 6.07) is 17.8. The molecule has 0 bridgehead atoms. The molecule has 0 aliphatic carbocycles. The third kappa shape index (κ3) is 4.15. The van der Waals surface area contributed by atoms with Crippen molar-refractivity contribution in [1.82, 2.24) is 9.88 Å². The zero-order valence-electron chi connectivity index (χ0n) is 14.6. The number of nitrogens with one attached hydrogen (secondary N) is 1. The molecular weight excluding hydrogens is 312 g/mol. The maximum absolute atomic E-state index is 12.4. The molecule has 0 spiro atoms. The number of H-pyrrole nitrogens is 1. The normalized spacial score (nSPS) is 10.8. The number of carbonyl (C=O) groups is 1. The van der Waals surface area contributed by atoms with Crippen LogP contribution in [-0.4, -0.2) is 22.8 Å². The van der Waals surface area contributed by atoms with Gasteiger partial charge in [-0.3, -0.25) is 9.59 Å². The molecule has 3 rings (SSSR count). The fourth-order valence-corrected chi connectivity index (χ4v) is 2.91. The fraction of sp³-hybridized carbons (Fsp3) is 0.238. The molecule has 0 aliphatic rings. The molecule has 4 heteroatoms. The third-order valence-corrected chi connectivity index (χ3v) is 4.41. The van der Waals surface area contributed by atoms with E-state index in [0.717, 1.165) is 22.0 Å². The maximum Gasteiger partial charge on any atom is 0.251 e. The number of nitrogens with zero attached hydrogens (tertiary/aromatic N) is 1. The zero-order chi connectivity index (χ0) is 17.8. The Morgan fingerprint density at radius 3 is 2.56 bits per heavy atom. The smallest absolute Gasteiger partial charge is 0.251 e. The number of pyridine rings is 1.